The SMILES string of the molecule is O=C(C1c2ccccc2Oc2ccccc21)N1CCC(Oc2ccc3ccccc3n2)C1. The smallest absolute Gasteiger partial charge is 0.234 e. The Labute approximate surface area is 186 Å². The predicted molar refractivity (Wildman–Crippen MR) is 122 cm³/mol. The molecule has 0 aliphatic carbocycles. The van der Waals surface area contributed by atoms with E-state index in [1.165, 1.54) is 0 Å². The van der Waals surface area contributed by atoms with Gasteiger partial charge in [-0.1, -0.05) is 54.6 Å². The molecule has 0 N–H and O–H groups in total. The van der Waals surface area contributed by atoms with Crippen LogP contribution in [0, 0.1) is 0 Å². The monoisotopic (exact) mass is 422 g/mol. The molecule has 1 amide bonds. The summed E-state index contributed by atoms with van der Waals surface area (Å²) in [5, 5.41) is 1.08. The number of para-hydroxylation sites is 3. The number of benzene rings is 3. The molecular formula is C27H22N2O3. The predicted octanol–water partition coefficient (Wildman–Crippen LogP) is 5.15. The first-order valence-corrected chi connectivity index (χ1v) is 10.9. The van der Waals surface area contributed by atoms with Gasteiger partial charge in [0.2, 0.25) is 11.8 Å². The number of amides is 1. The van der Waals surface area contributed by atoms with Gasteiger partial charge in [-0.2, -0.15) is 0 Å². The largest absolute Gasteiger partial charge is 0.472 e. The molecule has 3 heterocycles. The summed E-state index contributed by atoms with van der Waals surface area (Å²) in [5.74, 6) is 1.82. The summed E-state index contributed by atoms with van der Waals surface area (Å²) in [6, 6.07) is 27.5. The molecule has 1 unspecified atom stereocenters. The number of rotatable bonds is 3. The van der Waals surface area contributed by atoms with E-state index in [9.17, 15) is 4.79 Å². The maximum atomic E-state index is 13.7. The maximum absolute atomic E-state index is 13.7. The molecule has 6 rings (SSSR count). The van der Waals surface area contributed by atoms with Crippen LogP contribution < -0.4 is 9.47 Å². The minimum Gasteiger partial charge on any atom is -0.472 e. The number of fused-ring (bicyclic) bond motifs is 3. The molecule has 32 heavy (non-hydrogen) atoms. The van der Waals surface area contributed by atoms with Gasteiger partial charge in [-0.15, -0.1) is 0 Å². The second-order valence-corrected chi connectivity index (χ2v) is 8.27. The van der Waals surface area contributed by atoms with E-state index in [0.29, 0.717) is 19.0 Å². The fourth-order valence-electron chi connectivity index (χ4n) is 4.67. The van der Waals surface area contributed by atoms with Gasteiger partial charge in [-0.3, -0.25) is 4.79 Å². The standard InChI is InChI=1S/C27H22N2O3/c30-27(26-20-8-2-5-11-23(20)32-24-12-6-3-9-21(24)26)29-16-15-19(17-29)31-25-14-13-18-7-1-4-10-22(18)28-25/h1-14,19,26H,15-17H2. The van der Waals surface area contributed by atoms with Crippen molar-refractivity contribution in [3.63, 3.8) is 0 Å². The fraction of sp³-hybridized carbons (Fsp3) is 0.185. The molecule has 0 radical (unpaired) electrons. The van der Waals surface area contributed by atoms with Crippen molar-refractivity contribution in [1.29, 1.82) is 0 Å². The number of nitrogens with zero attached hydrogens (tertiary/aromatic N) is 2. The van der Waals surface area contributed by atoms with Crippen molar-refractivity contribution in [3.8, 4) is 17.4 Å². The van der Waals surface area contributed by atoms with Crippen LogP contribution in [0.15, 0.2) is 84.9 Å². The molecule has 1 saturated heterocycles. The van der Waals surface area contributed by atoms with E-state index in [1.807, 2.05) is 89.8 Å². The van der Waals surface area contributed by atoms with E-state index in [-0.39, 0.29) is 17.9 Å². The first-order chi connectivity index (χ1) is 15.8. The lowest BCUT2D eigenvalue weighted by atomic mass is 9.87. The lowest BCUT2D eigenvalue weighted by Gasteiger charge is -2.30. The highest BCUT2D eigenvalue weighted by atomic mass is 16.5. The fourth-order valence-corrected chi connectivity index (χ4v) is 4.67. The Kier molecular flexibility index (Phi) is 4.53. The summed E-state index contributed by atoms with van der Waals surface area (Å²) >= 11 is 0. The van der Waals surface area contributed by atoms with E-state index in [1.54, 1.807) is 0 Å². The van der Waals surface area contributed by atoms with Gasteiger partial charge in [-0.25, -0.2) is 4.98 Å². The minimum atomic E-state index is -0.367. The number of carbonyl (C=O) groups excluding carboxylic acids is 1. The van der Waals surface area contributed by atoms with Crippen LogP contribution in [-0.2, 0) is 4.79 Å². The Hall–Kier alpha value is -3.86. The summed E-state index contributed by atoms with van der Waals surface area (Å²) in [6.45, 7) is 1.22. The number of hydrogen-bond donors (Lipinski definition) is 0. The summed E-state index contributed by atoms with van der Waals surface area (Å²) < 4.78 is 12.2. The lowest BCUT2D eigenvalue weighted by molar-refractivity contribution is -0.131. The molecule has 3 aromatic carbocycles. The van der Waals surface area contributed by atoms with E-state index in [0.717, 1.165) is 39.9 Å². The van der Waals surface area contributed by atoms with Gasteiger partial charge in [-0.05, 0) is 24.3 Å². The lowest BCUT2D eigenvalue weighted by Crippen LogP contribution is -2.36. The van der Waals surface area contributed by atoms with Gasteiger partial charge in [0, 0.05) is 35.5 Å². The zero-order valence-electron chi connectivity index (χ0n) is 17.5. The Bertz CT molecular complexity index is 1270. The molecule has 4 aromatic rings. The number of carbonyl (C=O) groups is 1. The molecule has 1 aromatic heterocycles. The van der Waals surface area contributed by atoms with Crippen LogP contribution in [0.1, 0.15) is 23.5 Å². The maximum Gasteiger partial charge on any atom is 0.234 e. The quantitative estimate of drug-likeness (QED) is 0.458. The van der Waals surface area contributed by atoms with Crippen molar-refractivity contribution in [1.82, 2.24) is 9.88 Å². The summed E-state index contributed by atoms with van der Waals surface area (Å²) in [4.78, 5) is 20.2. The normalized spacial score (nSPS) is 17.5. The number of hydrogen-bond acceptors (Lipinski definition) is 4. The van der Waals surface area contributed by atoms with Crippen LogP contribution in [0.3, 0.4) is 0 Å². The molecule has 158 valence electrons. The summed E-state index contributed by atoms with van der Waals surface area (Å²) in [6.07, 6.45) is 0.713. The number of aromatic nitrogens is 1. The molecule has 5 heteroatoms. The third-order valence-electron chi connectivity index (χ3n) is 6.24. The van der Waals surface area contributed by atoms with Crippen LogP contribution in [0.5, 0.6) is 17.4 Å². The molecule has 5 nitrogen and oxygen atoms in total. The van der Waals surface area contributed by atoms with Gasteiger partial charge in [0.25, 0.3) is 0 Å². The molecule has 0 saturated carbocycles. The van der Waals surface area contributed by atoms with Crippen LogP contribution in [0.25, 0.3) is 10.9 Å². The first kappa shape index (κ1) is 18.9. The number of pyridine rings is 1. The van der Waals surface area contributed by atoms with Crippen molar-refractivity contribution in [2.75, 3.05) is 13.1 Å². The van der Waals surface area contributed by atoms with Crippen LogP contribution in [-0.4, -0.2) is 35.0 Å². The summed E-state index contributed by atoms with van der Waals surface area (Å²) in [5.41, 5.74) is 2.74. The minimum absolute atomic E-state index is 0.0714. The highest BCUT2D eigenvalue weighted by Gasteiger charge is 2.38. The second-order valence-electron chi connectivity index (χ2n) is 8.27. The van der Waals surface area contributed by atoms with Crippen molar-refractivity contribution in [3.05, 3.63) is 96.1 Å². The van der Waals surface area contributed by atoms with Crippen molar-refractivity contribution < 1.29 is 14.3 Å². The van der Waals surface area contributed by atoms with Gasteiger partial charge in [0.05, 0.1) is 18.0 Å². The zero-order valence-corrected chi connectivity index (χ0v) is 17.5. The van der Waals surface area contributed by atoms with E-state index in [4.69, 9.17) is 9.47 Å². The van der Waals surface area contributed by atoms with Gasteiger partial charge in [0.1, 0.15) is 17.6 Å². The third-order valence-corrected chi connectivity index (χ3v) is 6.24. The second kappa shape index (κ2) is 7.68. The summed E-state index contributed by atoms with van der Waals surface area (Å²) in [7, 11) is 0. The van der Waals surface area contributed by atoms with Crippen molar-refractivity contribution in [2.24, 2.45) is 0 Å². The van der Waals surface area contributed by atoms with Crippen molar-refractivity contribution >= 4 is 16.8 Å². The van der Waals surface area contributed by atoms with Gasteiger partial charge >= 0.3 is 0 Å². The Balaban J connectivity index is 1.23. The highest BCUT2D eigenvalue weighted by molar-refractivity contribution is 5.90. The van der Waals surface area contributed by atoms with Gasteiger partial charge in [0.15, 0.2) is 0 Å². The molecule has 0 bridgehead atoms. The van der Waals surface area contributed by atoms with Crippen LogP contribution in [0.2, 0.25) is 0 Å². The molecule has 2 aliphatic rings. The molecule has 0 spiro atoms. The third kappa shape index (κ3) is 3.26. The van der Waals surface area contributed by atoms with Gasteiger partial charge < -0.3 is 14.4 Å². The first-order valence-electron chi connectivity index (χ1n) is 10.9. The Morgan fingerprint density at radius 1 is 0.875 bits per heavy atom. The molecule has 2 aliphatic heterocycles. The number of likely N-dealkylation sites (tertiary alicyclic amines) is 1. The Morgan fingerprint density at radius 2 is 1.56 bits per heavy atom. The van der Waals surface area contributed by atoms with E-state index >= 15 is 0 Å². The zero-order chi connectivity index (χ0) is 21.5. The average molecular weight is 422 g/mol. The average Bonchev–Trinajstić information content (AvgIpc) is 3.30. The van der Waals surface area contributed by atoms with Crippen LogP contribution >= 0.6 is 0 Å². The van der Waals surface area contributed by atoms with E-state index in [2.05, 4.69) is 4.98 Å². The molecule has 1 fully saturated rings. The number of ether oxygens (including phenoxy) is 2. The van der Waals surface area contributed by atoms with Crippen LogP contribution in [0.4, 0.5) is 0 Å². The van der Waals surface area contributed by atoms with Crippen molar-refractivity contribution in [2.45, 2.75) is 18.4 Å². The molecular weight excluding hydrogens is 400 g/mol. The topological polar surface area (TPSA) is 51.7 Å². The highest BCUT2D eigenvalue weighted by Crippen LogP contribution is 2.45. The molecule has 1 atom stereocenters. The van der Waals surface area contributed by atoms with E-state index < -0.39 is 0 Å². The Morgan fingerprint density at radius 3 is 2.34 bits per heavy atom.